The number of halogens is 1. The lowest BCUT2D eigenvalue weighted by Crippen LogP contribution is -2.13. The molecular formula is C25H17ClN4OS. The molecule has 0 spiro atoms. The van der Waals surface area contributed by atoms with Gasteiger partial charge in [0.25, 0.3) is 5.91 Å². The second-order valence-corrected chi connectivity index (χ2v) is 8.73. The Morgan fingerprint density at radius 3 is 2.56 bits per heavy atom. The summed E-state index contributed by atoms with van der Waals surface area (Å²) < 4.78 is 0. The van der Waals surface area contributed by atoms with Crippen LogP contribution in [0.25, 0.3) is 22.3 Å². The number of pyridine rings is 2. The maximum Gasteiger partial charge on any atom is 0.258 e. The largest absolute Gasteiger partial charge is 0.298 e. The van der Waals surface area contributed by atoms with Gasteiger partial charge in [-0.05, 0) is 42.0 Å². The van der Waals surface area contributed by atoms with Crippen molar-refractivity contribution in [3.8, 4) is 11.4 Å². The summed E-state index contributed by atoms with van der Waals surface area (Å²) in [6.07, 6.45) is 4.23. The molecule has 0 radical (unpaired) electrons. The van der Waals surface area contributed by atoms with Crippen LogP contribution in [0.1, 0.15) is 20.8 Å². The number of aromatic nitrogens is 3. The maximum atomic E-state index is 13.2. The Kier molecular flexibility index (Phi) is 5.62. The first-order chi connectivity index (χ1) is 15.7. The number of benzene rings is 2. The molecule has 1 N–H and O–H groups in total. The smallest absolute Gasteiger partial charge is 0.258 e. The summed E-state index contributed by atoms with van der Waals surface area (Å²) >= 11 is 7.42. The lowest BCUT2D eigenvalue weighted by molar-refractivity contribution is 0.102. The summed E-state index contributed by atoms with van der Waals surface area (Å²) in [5, 5.41) is 4.99. The second-order valence-electron chi connectivity index (χ2n) is 7.18. The molecule has 0 aliphatic heterocycles. The van der Waals surface area contributed by atoms with Crippen molar-refractivity contribution in [1.29, 1.82) is 0 Å². The first kappa shape index (κ1) is 20.3. The number of fused-ring (bicyclic) bond motifs is 1. The third-order valence-electron chi connectivity index (χ3n) is 4.95. The van der Waals surface area contributed by atoms with Gasteiger partial charge in [0.2, 0.25) is 0 Å². The highest BCUT2D eigenvalue weighted by molar-refractivity contribution is 7.15. The van der Waals surface area contributed by atoms with Gasteiger partial charge in [-0.1, -0.05) is 48.0 Å². The number of hydrogen-bond acceptors (Lipinski definition) is 5. The molecule has 5 rings (SSSR count). The van der Waals surface area contributed by atoms with Crippen LogP contribution in [0.4, 0.5) is 5.13 Å². The van der Waals surface area contributed by atoms with Gasteiger partial charge in [0.1, 0.15) is 0 Å². The van der Waals surface area contributed by atoms with Crippen molar-refractivity contribution >= 4 is 44.9 Å². The third-order valence-corrected chi connectivity index (χ3v) is 6.12. The first-order valence-corrected chi connectivity index (χ1v) is 11.2. The molecule has 0 bridgehead atoms. The van der Waals surface area contributed by atoms with Crippen molar-refractivity contribution < 1.29 is 4.79 Å². The number of nitrogens with one attached hydrogen (secondary N) is 1. The molecule has 3 aromatic heterocycles. The van der Waals surface area contributed by atoms with Gasteiger partial charge in [-0.25, -0.2) is 9.97 Å². The maximum absolute atomic E-state index is 13.2. The number of anilines is 1. The van der Waals surface area contributed by atoms with E-state index >= 15 is 0 Å². The summed E-state index contributed by atoms with van der Waals surface area (Å²) in [7, 11) is 0. The van der Waals surface area contributed by atoms with Crippen molar-refractivity contribution in [2.45, 2.75) is 6.42 Å². The average Bonchev–Trinajstić information content (AvgIpc) is 3.27. The van der Waals surface area contributed by atoms with E-state index in [4.69, 9.17) is 11.6 Å². The van der Waals surface area contributed by atoms with E-state index in [1.807, 2.05) is 66.7 Å². The molecule has 7 heteroatoms. The first-order valence-electron chi connectivity index (χ1n) is 9.97. The number of carbonyl (C=O) groups is 1. The lowest BCUT2D eigenvalue weighted by Gasteiger charge is -2.09. The molecule has 5 nitrogen and oxygen atoms in total. The number of nitrogens with zero attached hydrogens (tertiary/aromatic N) is 3. The molecule has 32 heavy (non-hydrogen) atoms. The average molecular weight is 457 g/mol. The Balaban J connectivity index is 1.42. The van der Waals surface area contributed by atoms with Crippen LogP contribution in [-0.4, -0.2) is 20.9 Å². The highest BCUT2D eigenvalue weighted by Gasteiger charge is 2.16. The zero-order chi connectivity index (χ0) is 21.9. The Morgan fingerprint density at radius 1 is 0.938 bits per heavy atom. The van der Waals surface area contributed by atoms with E-state index in [1.165, 1.54) is 11.3 Å². The fourth-order valence-corrected chi connectivity index (χ4v) is 4.39. The quantitative estimate of drug-likeness (QED) is 0.339. The van der Waals surface area contributed by atoms with Crippen LogP contribution in [0, 0.1) is 0 Å². The standard InChI is InChI=1S/C25H17ClN4OS/c26-17-10-8-16(9-11-17)13-18-15-28-25(32-18)30-24(31)20-14-23(22-7-3-4-12-27-22)29-21-6-2-1-5-19(20)21/h1-12,14-15H,13H2,(H,28,30,31). The number of carbonyl (C=O) groups excluding carboxylic acids is 1. The molecule has 156 valence electrons. The Labute approximate surface area is 193 Å². The summed E-state index contributed by atoms with van der Waals surface area (Å²) in [5.74, 6) is -0.229. The molecule has 0 saturated carbocycles. The van der Waals surface area contributed by atoms with Crippen LogP contribution < -0.4 is 5.32 Å². The molecule has 0 saturated heterocycles. The van der Waals surface area contributed by atoms with Crippen molar-refractivity contribution in [2.75, 3.05) is 5.32 Å². The van der Waals surface area contributed by atoms with E-state index in [0.29, 0.717) is 27.1 Å². The van der Waals surface area contributed by atoms with E-state index in [0.717, 1.165) is 27.8 Å². The van der Waals surface area contributed by atoms with Crippen LogP contribution in [0.2, 0.25) is 5.02 Å². The Bertz CT molecular complexity index is 1400. The molecule has 0 fully saturated rings. The monoisotopic (exact) mass is 456 g/mol. The normalized spacial score (nSPS) is 10.9. The topological polar surface area (TPSA) is 67.8 Å². The lowest BCUT2D eigenvalue weighted by atomic mass is 10.1. The van der Waals surface area contributed by atoms with Gasteiger partial charge in [0, 0.05) is 34.1 Å². The molecule has 1 amide bonds. The van der Waals surface area contributed by atoms with E-state index in [1.54, 1.807) is 18.5 Å². The summed E-state index contributed by atoms with van der Waals surface area (Å²) in [4.78, 5) is 27.7. The summed E-state index contributed by atoms with van der Waals surface area (Å²) in [6.45, 7) is 0. The molecular weight excluding hydrogens is 440 g/mol. The molecule has 0 atom stereocenters. The highest BCUT2D eigenvalue weighted by atomic mass is 35.5. The molecule has 2 aromatic carbocycles. The van der Waals surface area contributed by atoms with Crippen LogP contribution in [0.5, 0.6) is 0 Å². The number of thiazole rings is 1. The highest BCUT2D eigenvalue weighted by Crippen LogP contribution is 2.26. The van der Waals surface area contributed by atoms with Crippen LogP contribution >= 0.6 is 22.9 Å². The number of para-hydroxylation sites is 1. The van der Waals surface area contributed by atoms with Gasteiger partial charge >= 0.3 is 0 Å². The fraction of sp³-hybridized carbons (Fsp3) is 0.0400. The van der Waals surface area contributed by atoms with Crippen molar-refractivity contribution in [3.63, 3.8) is 0 Å². The summed E-state index contributed by atoms with van der Waals surface area (Å²) in [5.41, 5.74) is 3.77. The van der Waals surface area contributed by atoms with Crippen LogP contribution in [0.3, 0.4) is 0 Å². The Morgan fingerprint density at radius 2 is 1.75 bits per heavy atom. The fourth-order valence-electron chi connectivity index (χ4n) is 3.42. The summed E-state index contributed by atoms with van der Waals surface area (Å²) in [6, 6.07) is 22.7. The van der Waals surface area contributed by atoms with Gasteiger partial charge in [0.15, 0.2) is 5.13 Å². The van der Waals surface area contributed by atoms with Gasteiger partial charge in [-0.15, -0.1) is 11.3 Å². The predicted molar refractivity (Wildman–Crippen MR) is 129 cm³/mol. The molecule has 3 heterocycles. The van der Waals surface area contributed by atoms with E-state index < -0.39 is 0 Å². The number of hydrogen-bond donors (Lipinski definition) is 1. The van der Waals surface area contributed by atoms with E-state index in [2.05, 4.69) is 20.3 Å². The zero-order valence-electron chi connectivity index (χ0n) is 16.8. The molecule has 0 aliphatic carbocycles. The van der Waals surface area contributed by atoms with Gasteiger partial charge in [0.05, 0.1) is 22.5 Å². The number of amides is 1. The van der Waals surface area contributed by atoms with Gasteiger partial charge in [-0.3, -0.25) is 15.1 Å². The number of rotatable bonds is 5. The SMILES string of the molecule is O=C(Nc1ncc(Cc2ccc(Cl)cc2)s1)c1cc(-c2ccccn2)nc2ccccc12. The molecule has 0 aliphatic rings. The predicted octanol–water partition coefficient (Wildman–Crippen LogP) is 6.25. The minimum absolute atomic E-state index is 0.229. The second kappa shape index (κ2) is 8.86. The van der Waals surface area contributed by atoms with Gasteiger partial charge < -0.3 is 0 Å². The minimum atomic E-state index is -0.229. The third kappa shape index (κ3) is 4.37. The van der Waals surface area contributed by atoms with Gasteiger partial charge in [-0.2, -0.15) is 0 Å². The zero-order valence-corrected chi connectivity index (χ0v) is 18.4. The Hall–Kier alpha value is -3.61. The van der Waals surface area contributed by atoms with Crippen LogP contribution in [-0.2, 0) is 6.42 Å². The van der Waals surface area contributed by atoms with Crippen molar-refractivity contribution in [2.24, 2.45) is 0 Å². The minimum Gasteiger partial charge on any atom is -0.298 e. The van der Waals surface area contributed by atoms with E-state index in [-0.39, 0.29) is 5.91 Å². The molecule has 0 unspecified atom stereocenters. The van der Waals surface area contributed by atoms with E-state index in [9.17, 15) is 4.79 Å². The van der Waals surface area contributed by atoms with Crippen LogP contribution in [0.15, 0.2) is 85.2 Å². The van der Waals surface area contributed by atoms with Crippen molar-refractivity contribution in [1.82, 2.24) is 15.0 Å². The van der Waals surface area contributed by atoms with Crippen molar-refractivity contribution in [3.05, 3.63) is 106 Å². The molecule has 5 aromatic rings.